The summed E-state index contributed by atoms with van der Waals surface area (Å²) in [6.07, 6.45) is 0.947. The van der Waals surface area contributed by atoms with Gasteiger partial charge in [-0.2, -0.15) is 0 Å². The van der Waals surface area contributed by atoms with Gasteiger partial charge in [-0.25, -0.2) is 0 Å². The molecule has 156 valence electrons. The molecule has 0 heterocycles. The van der Waals surface area contributed by atoms with E-state index < -0.39 is 6.04 Å². The first-order valence-electron chi connectivity index (χ1n) is 9.96. The Morgan fingerprint density at radius 2 is 1.79 bits per heavy atom. The van der Waals surface area contributed by atoms with Crippen LogP contribution in [0.5, 0.6) is 0 Å². The fraction of sp³-hybridized carbons (Fsp3) is 0.391. The number of amides is 2. The molecule has 2 rings (SSSR count). The number of benzene rings is 2. The number of carbonyl (C=O) groups is 2. The number of rotatable bonds is 10. The second kappa shape index (κ2) is 11.9. The lowest BCUT2D eigenvalue weighted by molar-refractivity contribution is -0.141. The van der Waals surface area contributed by atoms with Crippen LogP contribution in [0, 0.1) is 6.92 Å². The van der Waals surface area contributed by atoms with Gasteiger partial charge in [-0.05, 0) is 55.7 Å². The van der Waals surface area contributed by atoms with Crippen LogP contribution in [-0.2, 0) is 16.1 Å². The zero-order valence-electron chi connectivity index (χ0n) is 17.3. The van der Waals surface area contributed by atoms with Crippen LogP contribution in [0.3, 0.4) is 0 Å². The molecule has 6 heteroatoms. The van der Waals surface area contributed by atoms with Crippen LogP contribution in [0.25, 0.3) is 0 Å². The topological polar surface area (TPSA) is 49.4 Å². The number of likely N-dealkylation sites (N-methyl/N-ethyl adjacent to an activating group) is 1. The van der Waals surface area contributed by atoms with E-state index in [0.29, 0.717) is 36.7 Å². The normalized spacial score (nSPS) is 11.7. The Balaban J connectivity index is 2.11. The predicted molar refractivity (Wildman–Crippen MR) is 121 cm³/mol. The van der Waals surface area contributed by atoms with Crippen LogP contribution in [0.2, 0.25) is 5.02 Å². The summed E-state index contributed by atoms with van der Waals surface area (Å²) in [6, 6.07) is 15.1. The van der Waals surface area contributed by atoms with Crippen LogP contribution in [-0.4, -0.2) is 35.1 Å². The number of hydrogen-bond acceptors (Lipinski definition) is 3. The molecule has 0 radical (unpaired) electrons. The van der Waals surface area contributed by atoms with Crippen molar-refractivity contribution in [2.45, 2.75) is 51.1 Å². The SMILES string of the molecule is CCNC(=O)[C@H](CC)N(Cc1ccccc1C)C(=O)CCSc1ccc(Cl)cc1. The second-order valence-corrected chi connectivity index (χ2v) is 8.42. The van der Waals surface area contributed by atoms with Crippen molar-refractivity contribution >= 4 is 35.2 Å². The summed E-state index contributed by atoms with van der Waals surface area (Å²) in [4.78, 5) is 28.5. The van der Waals surface area contributed by atoms with E-state index in [-0.39, 0.29) is 11.8 Å². The largest absolute Gasteiger partial charge is 0.355 e. The monoisotopic (exact) mass is 432 g/mol. The lowest BCUT2D eigenvalue weighted by Crippen LogP contribution is -2.49. The Morgan fingerprint density at radius 3 is 2.41 bits per heavy atom. The smallest absolute Gasteiger partial charge is 0.242 e. The molecular weight excluding hydrogens is 404 g/mol. The summed E-state index contributed by atoms with van der Waals surface area (Å²) in [7, 11) is 0. The summed E-state index contributed by atoms with van der Waals surface area (Å²) < 4.78 is 0. The van der Waals surface area contributed by atoms with Crippen molar-refractivity contribution in [3.05, 3.63) is 64.7 Å². The lowest BCUT2D eigenvalue weighted by atomic mass is 10.1. The van der Waals surface area contributed by atoms with Gasteiger partial charge in [0.15, 0.2) is 0 Å². The average Bonchev–Trinajstić information content (AvgIpc) is 2.71. The summed E-state index contributed by atoms with van der Waals surface area (Å²) >= 11 is 7.54. The van der Waals surface area contributed by atoms with Crippen molar-refractivity contribution in [2.24, 2.45) is 0 Å². The molecule has 2 aromatic rings. The Morgan fingerprint density at radius 1 is 1.10 bits per heavy atom. The van der Waals surface area contributed by atoms with E-state index in [1.807, 2.05) is 69.3 Å². The van der Waals surface area contributed by atoms with Crippen molar-refractivity contribution in [3.63, 3.8) is 0 Å². The maximum Gasteiger partial charge on any atom is 0.242 e. The third-order valence-corrected chi connectivity index (χ3v) is 6.00. The first-order valence-corrected chi connectivity index (χ1v) is 11.3. The van der Waals surface area contributed by atoms with Gasteiger partial charge in [-0.15, -0.1) is 11.8 Å². The summed E-state index contributed by atoms with van der Waals surface area (Å²) in [5.74, 6) is 0.548. The van der Waals surface area contributed by atoms with Gasteiger partial charge in [-0.3, -0.25) is 9.59 Å². The van der Waals surface area contributed by atoms with Gasteiger partial charge in [0, 0.05) is 35.2 Å². The van der Waals surface area contributed by atoms with Gasteiger partial charge in [0.05, 0.1) is 0 Å². The molecule has 1 atom stereocenters. The van der Waals surface area contributed by atoms with E-state index in [0.717, 1.165) is 16.0 Å². The number of thioether (sulfide) groups is 1. The zero-order valence-corrected chi connectivity index (χ0v) is 18.9. The van der Waals surface area contributed by atoms with Crippen molar-refractivity contribution in [1.29, 1.82) is 0 Å². The van der Waals surface area contributed by atoms with Crippen molar-refractivity contribution < 1.29 is 9.59 Å². The number of hydrogen-bond donors (Lipinski definition) is 1. The third-order valence-electron chi connectivity index (χ3n) is 4.74. The number of carbonyl (C=O) groups excluding carboxylic acids is 2. The third kappa shape index (κ3) is 7.09. The van der Waals surface area contributed by atoms with Gasteiger partial charge < -0.3 is 10.2 Å². The van der Waals surface area contributed by atoms with Crippen LogP contribution in [0.15, 0.2) is 53.4 Å². The summed E-state index contributed by atoms with van der Waals surface area (Å²) in [5, 5.41) is 3.57. The molecule has 4 nitrogen and oxygen atoms in total. The van der Waals surface area contributed by atoms with E-state index in [1.54, 1.807) is 16.7 Å². The highest BCUT2D eigenvalue weighted by molar-refractivity contribution is 7.99. The molecule has 0 saturated heterocycles. The Kier molecular flexibility index (Phi) is 9.55. The first-order chi connectivity index (χ1) is 14.0. The molecule has 0 aliphatic heterocycles. The van der Waals surface area contributed by atoms with E-state index in [4.69, 9.17) is 11.6 Å². The standard InChI is InChI=1S/C23H29ClN2O2S/c1-4-21(23(28)25-5-2)26(16-18-9-7-6-8-17(18)3)22(27)14-15-29-20-12-10-19(24)11-13-20/h6-13,21H,4-5,14-16H2,1-3H3,(H,25,28)/t21-/m0/s1. The highest BCUT2D eigenvalue weighted by Crippen LogP contribution is 2.22. The van der Waals surface area contributed by atoms with Crippen LogP contribution in [0.4, 0.5) is 0 Å². The van der Waals surface area contributed by atoms with Gasteiger partial charge >= 0.3 is 0 Å². The van der Waals surface area contributed by atoms with Crippen molar-refractivity contribution in [2.75, 3.05) is 12.3 Å². The average molecular weight is 433 g/mol. The van der Waals surface area contributed by atoms with E-state index in [2.05, 4.69) is 5.32 Å². The molecule has 0 aliphatic rings. The summed E-state index contributed by atoms with van der Waals surface area (Å²) in [5.41, 5.74) is 2.18. The molecular formula is C23H29ClN2O2S. The van der Waals surface area contributed by atoms with E-state index >= 15 is 0 Å². The Bertz CT molecular complexity index is 811. The Hall–Kier alpha value is -1.98. The molecule has 2 amide bonds. The maximum absolute atomic E-state index is 13.1. The minimum Gasteiger partial charge on any atom is -0.355 e. The molecule has 0 fully saturated rings. The highest BCUT2D eigenvalue weighted by atomic mass is 35.5. The minimum atomic E-state index is -0.470. The minimum absolute atomic E-state index is 0.00665. The van der Waals surface area contributed by atoms with Gasteiger partial charge in [0.1, 0.15) is 6.04 Å². The van der Waals surface area contributed by atoms with Gasteiger partial charge in [0.25, 0.3) is 0 Å². The van der Waals surface area contributed by atoms with Crippen LogP contribution >= 0.6 is 23.4 Å². The van der Waals surface area contributed by atoms with Crippen molar-refractivity contribution in [3.8, 4) is 0 Å². The number of nitrogens with zero attached hydrogens (tertiary/aromatic N) is 1. The second-order valence-electron chi connectivity index (χ2n) is 6.82. The predicted octanol–water partition coefficient (Wildman–Crippen LogP) is 5.07. The van der Waals surface area contributed by atoms with Gasteiger partial charge in [0.2, 0.25) is 11.8 Å². The molecule has 0 spiro atoms. The fourth-order valence-corrected chi connectivity index (χ4v) is 4.08. The van der Waals surface area contributed by atoms with Crippen LogP contribution in [0.1, 0.15) is 37.8 Å². The molecule has 0 saturated carbocycles. The maximum atomic E-state index is 13.1. The number of aryl methyl sites for hydroxylation is 1. The molecule has 0 aliphatic carbocycles. The zero-order chi connectivity index (χ0) is 21.2. The quantitative estimate of drug-likeness (QED) is 0.533. The molecule has 1 N–H and O–H groups in total. The molecule has 29 heavy (non-hydrogen) atoms. The Labute approximate surface area is 183 Å². The lowest BCUT2D eigenvalue weighted by Gasteiger charge is -2.31. The molecule has 0 aromatic heterocycles. The van der Waals surface area contributed by atoms with E-state index in [1.165, 1.54) is 0 Å². The number of nitrogens with one attached hydrogen (secondary N) is 1. The van der Waals surface area contributed by atoms with Gasteiger partial charge in [-0.1, -0.05) is 42.8 Å². The molecule has 0 bridgehead atoms. The first kappa shape index (κ1) is 23.3. The number of halogens is 1. The van der Waals surface area contributed by atoms with Crippen LogP contribution < -0.4 is 5.32 Å². The van der Waals surface area contributed by atoms with E-state index in [9.17, 15) is 9.59 Å². The molecule has 2 aromatic carbocycles. The highest BCUT2D eigenvalue weighted by Gasteiger charge is 2.28. The van der Waals surface area contributed by atoms with Crippen molar-refractivity contribution in [1.82, 2.24) is 10.2 Å². The fourth-order valence-electron chi connectivity index (χ4n) is 3.11. The summed E-state index contributed by atoms with van der Waals surface area (Å²) in [6.45, 7) is 6.85. The molecule has 0 unspecified atom stereocenters.